The molecule has 5 rings (SSSR count). The molecule has 0 bridgehead atoms. The topological polar surface area (TPSA) is 129 Å². The normalized spacial score (nSPS) is 11.1. The van der Waals surface area contributed by atoms with Gasteiger partial charge in [0.2, 0.25) is 0 Å². The highest BCUT2D eigenvalue weighted by Gasteiger charge is 2.17. The second-order valence-corrected chi connectivity index (χ2v) is 7.49. The largest absolute Gasteiger partial charge is 0.476 e. The Balaban J connectivity index is 1.72. The molecule has 0 radical (unpaired) electrons. The summed E-state index contributed by atoms with van der Waals surface area (Å²) < 4.78 is 2.75. The Morgan fingerprint density at radius 2 is 1.58 bits per heavy atom. The molecular weight excluding hydrogens is 420 g/mol. The van der Waals surface area contributed by atoms with Gasteiger partial charge in [0.25, 0.3) is 5.56 Å². The number of anilines is 1. The van der Waals surface area contributed by atoms with Crippen LogP contribution in [0.15, 0.2) is 77.6 Å². The van der Waals surface area contributed by atoms with Gasteiger partial charge in [-0.15, -0.1) is 5.10 Å². The molecule has 0 spiro atoms. The smallest absolute Gasteiger partial charge is 0.358 e. The number of carbonyl (C=O) groups is 1. The van der Waals surface area contributed by atoms with E-state index in [0.29, 0.717) is 33.8 Å². The summed E-state index contributed by atoms with van der Waals surface area (Å²) in [7, 11) is 0. The van der Waals surface area contributed by atoms with Gasteiger partial charge in [-0.1, -0.05) is 41.6 Å². The summed E-state index contributed by atoms with van der Waals surface area (Å²) in [4.78, 5) is 24.7. The molecule has 0 aliphatic rings. The van der Waals surface area contributed by atoms with E-state index < -0.39 is 5.97 Å². The molecule has 0 unspecified atom stereocenters. The van der Waals surface area contributed by atoms with E-state index in [9.17, 15) is 14.7 Å². The van der Waals surface area contributed by atoms with Gasteiger partial charge in [-0.25, -0.2) is 9.48 Å². The Bertz CT molecular complexity index is 1580. The molecular formula is C24H18N6O3. The molecule has 5 aromatic rings. The van der Waals surface area contributed by atoms with Crippen LogP contribution in [0, 0.1) is 6.92 Å². The molecule has 0 fully saturated rings. The van der Waals surface area contributed by atoms with Crippen LogP contribution in [0.4, 0.5) is 5.69 Å². The van der Waals surface area contributed by atoms with Gasteiger partial charge in [-0.2, -0.15) is 9.78 Å². The van der Waals surface area contributed by atoms with Crippen molar-refractivity contribution in [3.63, 3.8) is 0 Å². The monoisotopic (exact) mass is 438 g/mol. The predicted octanol–water partition coefficient (Wildman–Crippen LogP) is 3.22. The fourth-order valence-corrected chi connectivity index (χ4v) is 3.75. The standard InChI is InChI=1S/C24H18N6O3/c1-14-21(24(32)33)26-28-29(14)17-5-4-6-18(13-17)30-23(31)20-8-3-2-7-19(20)22(27-30)15-9-11-16(25)12-10-15/h2-13H,25H2,1H3,(H,32,33). The summed E-state index contributed by atoms with van der Waals surface area (Å²) in [5.41, 5.74) is 8.97. The molecule has 0 aliphatic heterocycles. The zero-order valence-corrected chi connectivity index (χ0v) is 17.5. The second kappa shape index (κ2) is 7.72. The molecule has 9 nitrogen and oxygen atoms in total. The van der Waals surface area contributed by atoms with E-state index in [4.69, 9.17) is 5.73 Å². The summed E-state index contributed by atoms with van der Waals surface area (Å²) >= 11 is 0. The minimum absolute atomic E-state index is 0.132. The van der Waals surface area contributed by atoms with Crippen LogP contribution in [0.25, 0.3) is 33.4 Å². The van der Waals surface area contributed by atoms with Crippen LogP contribution in [0.2, 0.25) is 0 Å². The minimum Gasteiger partial charge on any atom is -0.476 e. The van der Waals surface area contributed by atoms with E-state index >= 15 is 0 Å². The zero-order chi connectivity index (χ0) is 23.1. The maximum absolute atomic E-state index is 13.3. The third kappa shape index (κ3) is 3.41. The molecule has 2 heterocycles. The van der Waals surface area contributed by atoms with Gasteiger partial charge in [-0.3, -0.25) is 4.79 Å². The maximum atomic E-state index is 13.3. The van der Waals surface area contributed by atoms with E-state index in [1.54, 1.807) is 49.4 Å². The third-order valence-electron chi connectivity index (χ3n) is 5.41. The van der Waals surface area contributed by atoms with Gasteiger partial charge in [-0.05, 0) is 43.3 Å². The van der Waals surface area contributed by atoms with E-state index in [0.717, 1.165) is 10.9 Å². The number of nitrogens with two attached hydrogens (primary N) is 1. The predicted molar refractivity (Wildman–Crippen MR) is 124 cm³/mol. The lowest BCUT2D eigenvalue weighted by Gasteiger charge is -2.13. The van der Waals surface area contributed by atoms with Gasteiger partial charge < -0.3 is 10.8 Å². The van der Waals surface area contributed by atoms with Crippen LogP contribution in [0.3, 0.4) is 0 Å². The quantitative estimate of drug-likeness (QED) is 0.412. The van der Waals surface area contributed by atoms with Crippen molar-refractivity contribution < 1.29 is 9.90 Å². The van der Waals surface area contributed by atoms with Crippen molar-refractivity contribution in [2.75, 3.05) is 5.73 Å². The molecule has 0 amide bonds. The number of aromatic carboxylic acids is 1. The number of carboxylic acids is 1. The van der Waals surface area contributed by atoms with Crippen LogP contribution in [0.1, 0.15) is 16.2 Å². The zero-order valence-electron chi connectivity index (χ0n) is 17.5. The third-order valence-corrected chi connectivity index (χ3v) is 5.41. The SMILES string of the molecule is Cc1c(C(=O)O)nnn1-c1cccc(-n2nc(-c3ccc(N)cc3)c3ccccc3c2=O)c1. The molecule has 2 aromatic heterocycles. The van der Waals surface area contributed by atoms with Crippen molar-refractivity contribution in [3.05, 3.63) is 94.5 Å². The Hall–Kier alpha value is -4.79. The van der Waals surface area contributed by atoms with Gasteiger partial charge in [0.05, 0.1) is 28.1 Å². The number of rotatable bonds is 4. The molecule has 0 saturated carbocycles. The van der Waals surface area contributed by atoms with Gasteiger partial charge in [0, 0.05) is 16.6 Å². The van der Waals surface area contributed by atoms with Crippen molar-refractivity contribution in [2.45, 2.75) is 6.92 Å². The number of nitrogen functional groups attached to an aromatic ring is 1. The Morgan fingerprint density at radius 1 is 0.909 bits per heavy atom. The maximum Gasteiger partial charge on any atom is 0.358 e. The number of carboxylic acid groups (broad SMARTS) is 1. The average molecular weight is 438 g/mol. The number of hydrogen-bond acceptors (Lipinski definition) is 6. The van der Waals surface area contributed by atoms with Gasteiger partial charge in [0.1, 0.15) is 0 Å². The van der Waals surface area contributed by atoms with Crippen molar-refractivity contribution in [1.82, 2.24) is 24.8 Å². The Kier molecular flexibility index (Phi) is 4.71. The molecule has 3 aromatic carbocycles. The Morgan fingerprint density at radius 3 is 2.24 bits per heavy atom. The summed E-state index contributed by atoms with van der Waals surface area (Å²) in [6.07, 6.45) is 0. The molecule has 162 valence electrons. The minimum atomic E-state index is -1.16. The first-order chi connectivity index (χ1) is 15.9. The number of fused-ring (bicyclic) bond motifs is 1. The van der Waals surface area contributed by atoms with Crippen molar-refractivity contribution in [3.8, 4) is 22.6 Å². The van der Waals surface area contributed by atoms with E-state index in [2.05, 4.69) is 15.4 Å². The summed E-state index contributed by atoms with van der Waals surface area (Å²) in [5.74, 6) is -1.16. The molecule has 33 heavy (non-hydrogen) atoms. The summed E-state index contributed by atoms with van der Waals surface area (Å²) in [6.45, 7) is 1.62. The first-order valence-electron chi connectivity index (χ1n) is 10.1. The number of nitrogens with zero attached hydrogens (tertiary/aromatic N) is 5. The molecule has 0 atom stereocenters. The van der Waals surface area contributed by atoms with Crippen LogP contribution in [0.5, 0.6) is 0 Å². The van der Waals surface area contributed by atoms with E-state index in [1.807, 2.05) is 30.3 Å². The fourth-order valence-electron chi connectivity index (χ4n) is 3.75. The van der Waals surface area contributed by atoms with Gasteiger partial charge >= 0.3 is 5.97 Å². The van der Waals surface area contributed by atoms with E-state index in [1.165, 1.54) is 9.36 Å². The molecule has 0 saturated heterocycles. The van der Waals surface area contributed by atoms with Gasteiger partial charge in [0.15, 0.2) is 5.69 Å². The fraction of sp³-hybridized carbons (Fsp3) is 0.0417. The average Bonchev–Trinajstić information content (AvgIpc) is 3.22. The lowest BCUT2D eigenvalue weighted by atomic mass is 10.0. The summed E-state index contributed by atoms with van der Waals surface area (Å²) in [5, 5.41) is 22.9. The lowest BCUT2D eigenvalue weighted by molar-refractivity contribution is 0.0689. The lowest BCUT2D eigenvalue weighted by Crippen LogP contribution is -2.22. The highest BCUT2D eigenvalue weighted by Crippen LogP contribution is 2.26. The number of benzene rings is 3. The van der Waals surface area contributed by atoms with Crippen LogP contribution in [-0.4, -0.2) is 35.9 Å². The van der Waals surface area contributed by atoms with Crippen LogP contribution < -0.4 is 11.3 Å². The summed E-state index contributed by atoms with van der Waals surface area (Å²) in [6, 6.07) is 21.6. The molecule has 9 heteroatoms. The van der Waals surface area contributed by atoms with E-state index in [-0.39, 0.29) is 11.3 Å². The first-order valence-corrected chi connectivity index (χ1v) is 10.1. The highest BCUT2D eigenvalue weighted by atomic mass is 16.4. The number of hydrogen-bond donors (Lipinski definition) is 2. The number of aromatic nitrogens is 5. The highest BCUT2D eigenvalue weighted by molar-refractivity contribution is 5.94. The van der Waals surface area contributed by atoms with Crippen molar-refractivity contribution >= 4 is 22.4 Å². The van der Waals surface area contributed by atoms with Crippen molar-refractivity contribution in [1.29, 1.82) is 0 Å². The van der Waals surface area contributed by atoms with Crippen LogP contribution >= 0.6 is 0 Å². The second-order valence-electron chi connectivity index (χ2n) is 7.49. The molecule has 0 aliphatic carbocycles. The van der Waals surface area contributed by atoms with Crippen molar-refractivity contribution in [2.24, 2.45) is 0 Å². The van der Waals surface area contributed by atoms with Crippen LogP contribution in [-0.2, 0) is 0 Å². The molecule has 3 N–H and O–H groups in total. The Labute approximate surface area is 187 Å². The first kappa shape index (κ1) is 20.1.